The van der Waals surface area contributed by atoms with Crippen molar-refractivity contribution >= 4 is 34.9 Å². The first-order valence-corrected chi connectivity index (χ1v) is 6.70. The highest BCUT2D eigenvalue weighted by Gasteiger charge is 2.10. The van der Waals surface area contributed by atoms with Gasteiger partial charge in [-0.05, 0) is 43.7 Å². The first-order valence-electron chi connectivity index (χ1n) is 6.33. The van der Waals surface area contributed by atoms with E-state index >= 15 is 0 Å². The Balaban J connectivity index is 0.00000161. The molecule has 0 bridgehead atoms. The minimum atomic E-state index is -0.0759. The molecule has 1 aromatic heterocycles. The summed E-state index contributed by atoms with van der Waals surface area (Å²) in [5, 5.41) is 1.25. The van der Waals surface area contributed by atoms with Crippen molar-refractivity contribution in [2.45, 2.75) is 13.8 Å². The first-order chi connectivity index (χ1) is 9.58. The Morgan fingerprint density at radius 1 is 1.10 bits per heavy atom. The van der Waals surface area contributed by atoms with Gasteiger partial charge in [0.2, 0.25) is 0 Å². The van der Waals surface area contributed by atoms with E-state index in [1.54, 1.807) is 16.7 Å². The average Bonchev–Trinajstić information content (AvgIpc) is 2.43. The van der Waals surface area contributed by atoms with Gasteiger partial charge in [0, 0.05) is 5.02 Å². The zero-order valence-corrected chi connectivity index (χ0v) is 13.2. The van der Waals surface area contributed by atoms with Crippen molar-refractivity contribution in [3.63, 3.8) is 0 Å². The molecule has 0 saturated carbocycles. The maximum absolute atomic E-state index is 12.6. The lowest BCUT2D eigenvalue weighted by Gasteiger charge is -2.11. The fourth-order valence-corrected chi connectivity index (χ4v) is 2.44. The maximum atomic E-state index is 12.6. The van der Waals surface area contributed by atoms with Crippen LogP contribution in [0.5, 0.6) is 0 Å². The van der Waals surface area contributed by atoms with Crippen molar-refractivity contribution in [1.29, 1.82) is 0 Å². The predicted octanol–water partition coefficient (Wildman–Crippen LogP) is 4.08. The molecular weight excluding hydrogens is 307 g/mol. The summed E-state index contributed by atoms with van der Waals surface area (Å²) in [5.41, 5.74) is 2.36. The molecule has 21 heavy (non-hydrogen) atoms. The van der Waals surface area contributed by atoms with Crippen LogP contribution < -0.4 is 5.56 Å². The Morgan fingerprint density at radius 3 is 2.52 bits per heavy atom. The summed E-state index contributed by atoms with van der Waals surface area (Å²) in [6.45, 7) is 3.75. The van der Waals surface area contributed by atoms with Gasteiger partial charge in [0.1, 0.15) is 5.82 Å². The third-order valence-corrected chi connectivity index (χ3v) is 3.76. The molecule has 108 valence electrons. The summed E-state index contributed by atoms with van der Waals surface area (Å²) in [6, 6.07) is 12.9. The van der Waals surface area contributed by atoms with Crippen LogP contribution >= 0.6 is 24.0 Å². The quantitative estimate of drug-likeness (QED) is 0.677. The second kappa shape index (κ2) is 5.88. The molecule has 3 nitrogen and oxygen atoms in total. The van der Waals surface area contributed by atoms with Gasteiger partial charge in [-0.15, -0.1) is 12.4 Å². The molecule has 0 radical (unpaired) electrons. The van der Waals surface area contributed by atoms with E-state index in [-0.39, 0.29) is 18.0 Å². The molecule has 3 rings (SSSR count). The Kier molecular flexibility index (Phi) is 4.35. The lowest BCUT2D eigenvalue weighted by molar-refractivity contribution is 0.894. The van der Waals surface area contributed by atoms with Gasteiger partial charge in [-0.3, -0.25) is 9.36 Å². The lowest BCUT2D eigenvalue weighted by Crippen LogP contribution is -2.22. The molecule has 2 aromatic carbocycles. The summed E-state index contributed by atoms with van der Waals surface area (Å²) < 4.78 is 1.59. The number of rotatable bonds is 1. The van der Waals surface area contributed by atoms with Crippen molar-refractivity contribution in [2.75, 3.05) is 0 Å². The second-order valence-corrected chi connectivity index (χ2v) is 5.16. The van der Waals surface area contributed by atoms with Gasteiger partial charge < -0.3 is 0 Å². The largest absolute Gasteiger partial charge is 0.268 e. The number of halogens is 2. The topological polar surface area (TPSA) is 34.9 Å². The molecule has 0 unspecified atom stereocenters. The van der Waals surface area contributed by atoms with Crippen molar-refractivity contribution in [1.82, 2.24) is 9.55 Å². The van der Waals surface area contributed by atoms with Crippen LogP contribution in [-0.2, 0) is 0 Å². The number of aromatic nitrogens is 2. The van der Waals surface area contributed by atoms with Crippen LogP contribution in [-0.4, -0.2) is 9.55 Å². The average molecular weight is 321 g/mol. The highest BCUT2D eigenvalue weighted by molar-refractivity contribution is 6.31. The van der Waals surface area contributed by atoms with E-state index in [0.717, 1.165) is 11.3 Å². The molecule has 0 saturated heterocycles. The van der Waals surface area contributed by atoms with Gasteiger partial charge in [-0.2, -0.15) is 0 Å². The van der Waals surface area contributed by atoms with E-state index in [2.05, 4.69) is 4.98 Å². The number of aryl methyl sites for hydroxylation is 2. The molecule has 0 spiro atoms. The Labute approximate surface area is 133 Å². The smallest absolute Gasteiger partial charge is 0.265 e. The van der Waals surface area contributed by atoms with Gasteiger partial charge in [-0.1, -0.05) is 29.8 Å². The molecule has 0 atom stereocenters. The number of hydrogen-bond donors (Lipinski definition) is 0. The monoisotopic (exact) mass is 320 g/mol. The number of benzene rings is 2. The molecule has 0 amide bonds. The zero-order valence-electron chi connectivity index (χ0n) is 11.6. The molecule has 3 aromatic rings. The van der Waals surface area contributed by atoms with Gasteiger partial charge >= 0.3 is 0 Å². The number of para-hydroxylation sites is 1. The summed E-state index contributed by atoms with van der Waals surface area (Å²) in [7, 11) is 0. The van der Waals surface area contributed by atoms with Crippen molar-refractivity contribution < 1.29 is 0 Å². The molecule has 1 heterocycles. The van der Waals surface area contributed by atoms with E-state index in [1.165, 1.54) is 0 Å². The summed E-state index contributed by atoms with van der Waals surface area (Å²) in [5.74, 6) is 0.647. The van der Waals surface area contributed by atoms with E-state index in [0.29, 0.717) is 21.7 Å². The summed E-state index contributed by atoms with van der Waals surface area (Å²) in [4.78, 5) is 17.1. The van der Waals surface area contributed by atoms with E-state index < -0.39 is 0 Å². The molecule has 5 heteroatoms. The lowest BCUT2D eigenvalue weighted by atomic mass is 10.2. The number of nitrogens with zero attached hydrogens (tertiary/aromatic N) is 2. The van der Waals surface area contributed by atoms with Gasteiger partial charge in [0.05, 0.1) is 16.6 Å². The van der Waals surface area contributed by atoms with Gasteiger partial charge in [0.15, 0.2) is 0 Å². The Bertz CT molecular complexity index is 872. The standard InChI is InChI=1S/C16H13ClN2O.ClH/c1-10-7-8-12(9-14(10)17)19-11(2)18-15-6-4-3-5-13(15)16(19)20;/h3-9H,1-2H3;1H. The number of hydrogen-bond acceptors (Lipinski definition) is 2. The second-order valence-electron chi connectivity index (χ2n) is 4.75. The summed E-state index contributed by atoms with van der Waals surface area (Å²) in [6.07, 6.45) is 0. The SMILES string of the molecule is Cc1ccc(-n2c(C)nc3ccccc3c2=O)cc1Cl.Cl. The minimum Gasteiger partial charge on any atom is -0.268 e. The molecule has 0 aliphatic heterocycles. The van der Waals surface area contributed by atoms with Crippen LogP contribution in [0.3, 0.4) is 0 Å². The Morgan fingerprint density at radius 2 is 1.81 bits per heavy atom. The highest BCUT2D eigenvalue weighted by atomic mass is 35.5. The third-order valence-electron chi connectivity index (χ3n) is 3.36. The van der Waals surface area contributed by atoms with Gasteiger partial charge in [-0.25, -0.2) is 4.98 Å². The van der Waals surface area contributed by atoms with Crippen molar-refractivity contribution in [3.05, 3.63) is 69.2 Å². The molecule has 0 fully saturated rings. The Hall–Kier alpha value is -1.84. The molecule has 0 aliphatic rings. The third kappa shape index (κ3) is 2.67. The zero-order chi connectivity index (χ0) is 14.3. The minimum absolute atomic E-state index is 0. The fraction of sp³-hybridized carbons (Fsp3) is 0.125. The fourth-order valence-electron chi connectivity index (χ4n) is 2.27. The van der Waals surface area contributed by atoms with Crippen LogP contribution in [0, 0.1) is 13.8 Å². The van der Waals surface area contributed by atoms with Crippen molar-refractivity contribution in [2.24, 2.45) is 0 Å². The van der Waals surface area contributed by atoms with E-state index in [4.69, 9.17) is 11.6 Å². The van der Waals surface area contributed by atoms with Crippen LogP contribution in [0.15, 0.2) is 47.3 Å². The van der Waals surface area contributed by atoms with Crippen LogP contribution in [0.4, 0.5) is 0 Å². The molecule has 0 N–H and O–H groups in total. The number of fused-ring (bicyclic) bond motifs is 1. The maximum Gasteiger partial charge on any atom is 0.265 e. The predicted molar refractivity (Wildman–Crippen MR) is 89.1 cm³/mol. The van der Waals surface area contributed by atoms with E-state index in [1.807, 2.05) is 44.2 Å². The molecule has 0 aliphatic carbocycles. The van der Waals surface area contributed by atoms with Crippen LogP contribution in [0.25, 0.3) is 16.6 Å². The normalized spacial score (nSPS) is 10.4. The van der Waals surface area contributed by atoms with E-state index in [9.17, 15) is 4.79 Å². The summed E-state index contributed by atoms with van der Waals surface area (Å²) >= 11 is 6.15. The van der Waals surface area contributed by atoms with Crippen molar-refractivity contribution in [3.8, 4) is 5.69 Å². The highest BCUT2D eigenvalue weighted by Crippen LogP contribution is 2.20. The van der Waals surface area contributed by atoms with Crippen LogP contribution in [0.2, 0.25) is 5.02 Å². The van der Waals surface area contributed by atoms with Gasteiger partial charge in [0.25, 0.3) is 5.56 Å². The first kappa shape index (κ1) is 15.5. The molecular formula is C16H14Cl2N2O. The van der Waals surface area contributed by atoms with Crippen LogP contribution in [0.1, 0.15) is 11.4 Å².